The van der Waals surface area contributed by atoms with E-state index in [1.54, 1.807) is 0 Å². The second-order valence-corrected chi connectivity index (χ2v) is 7.21. The molecule has 3 aromatic rings. The molecule has 1 amide bonds. The van der Waals surface area contributed by atoms with Crippen LogP contribution in [0, 0.1) is 5.82 Å². The molecule has 6 heteroatoms. The molecule has 2 aromatic carbocycles. The molecule has 1 aliphatic rings. The molecule has 2 heterocycles. The standard InChI is InChI=1S/C19H17BrFN3O/c20-15-10-13(21)7-8-14(15)19(25)24-9-3-4-12(11-24)18-22-16-5-1-2-6-17(16)23-18/h1-2,5-8,10,12H,3-4,9,11H2,(H,22,23)/t12-/m1/s1. The number of rotatable bonds is 2. The van der Waals surface area contributed by atoms with Gasteiger partial charge >= 0.3 is 0 Å². The Hall–Kier alpha value is -2.21. The summed E-state index contributed by atoms with van der Waals surface area (Å²) < 4.78 is 13.8. The minimum atomic E-state index is -0.359. The molecular weight excluding hydrogens is 385 g/mol. The van der Waals surface area contributed by atoms with Crippen LogP contribution in [0.25, 0.3) is 11.0 Å². The van der Waals surface area contributed by atoms with E-state index >= 15 is 0 Å². The van der Waals surface area contributed by atoms with Crippen molar-refractivity contribution < 1.29 is 9.18 Å². The maximum Gasteiger partial charge on any atom is 0.255 e. The quantitative estimate of drug-likeness (QED) is 0.687. The zero-order valence-electron chi connectivity index (χ0n) is 13.5. The first-order chi connectivity index (χ1) is 12.1. The third-order valence-electron chi connectivity index (χ3n) is 4.66. The lowest BCUT2D eigenvalue weighted by Crippen LogP contribution is -2.39. The van der Waals surface area contributed by atoms with Gasteiger partial charge in [0, 0.05) is 23.5 Å². The van der Waals surface area contributed by atoms with E-state index < -0.39 is 0 Å². The maximum absolute atomic E-state index is 13.3. The van der Waals surface area contributed by atoms with E-state index in [0.717, 1.165) is 29.7 Å². The predicted molar refractivity (Wildman–Crippen MR) is 98.1 cm³/mol. The number of H-pyrrole nitrogens is 1. The van der Waals surface area contributed by atoms with E-state index in [0.29, 0.717) is 23.1 Å². The summed E-state index contributed by atoms with van der Waals surface area (Å²) in [6, 6.07) is 12.1. The third kappa shape index (κ3) is 3.18. The number of hydrogen-bond acceptors (Lipinski definition) is 2. The molecule has 4 rings (SSSR count). The molecule has 1 aromatic heterocycles. The molecule has 1 N–H and O–H groups in total. The summed E-state index contributed by atoms with van der Waals surface area (Å²) in [6.07, 6.45) is 1.92. The van der Waals surface area contributed by atoms with Gasteiger partial charge in [-0.15, -0.1) is 0 Å². The maximum atomic E-state index is 13.3. The molecule has 0 spiro atoms. The van der Waals surface area contributed by atoms with Crippen molar-refractivity contribution >= 4 is 32.9 Å². The van der Waals surface area contributed by atoms with Gasteiger partial charge in [-0.2, -0.15) is 0 Å². The number of para-hydroxylation sites is 2. The number of amides is 1. The third-order valence-corrected chi connectivity index (χ3v) is 5.32. The van der Waals surface area contributed by atoms with E-state index in [-0.39, 0.29) is 17.6 Å². The number of carbonyl (C=O) groups is 1. The second-order valence-electron chi connectivity index (χ2n) is 6.35. The van der Waals surface area contributed by atoms with Gasteiger partial charge in [0.25, 0.3) is 5.91 Å². The molecule has 1 saturated heterocycles. The summed E-state index contributed by atoms with van der Waals surface area (Å²) in [5, 5.41) is 0. The van der Waals surface area contributed by atoms with Crippen molar-refractivity contribution in [1.29, 1.82) is 0 Å². The molecular formula is C19H17BrFN3O. The van der Waals surface area contributed by atoms with Crippen LogP contribution in [0.15, 0.2) is 46.9 Å². The van der Waals surface area contributed by atoms with Crippen molar-refractivity contribution in [3.63, 3.8) is 0 Å². The zero-order valence-corrected chi connectivity index (χ0v) is 15.1. The van der Waals surface area contributed by atoms with Crippen LogP contribution in [0.2, 0.25) is 0 Å². The number of likely N-dealkylation sites (tertiary alicyclic amines) is 1. The first kappa shape index (κ1) is 16.3. The van der Waals surface area contributed by atoms with Crippen molar-refractivity contribution in [3.8, 4) is 0 Å². The van der Waals surface area contributed by atoms with Crippen LogP contribution in [-0.4, -0.2) is 33.9 Å². The first-order valence-electron chi connectivity index (χ1n) is 8.31. The summed E-state index contributed by atoms with van der Waals surface area (Å²) in [6.45, 7) is 1.32. The second kappa shape index (κ2) is 6.59. The number of aromatic amines is 1. The van der Waals surface area contributed by atoms with E-state index in [4.69, 9.17) is 0 Å². The highest BCUT2D eigenvalue weighted by Crippen LogP contribution is 2.29. The monoisotopic (exact) mass is 401 g/mol. The smallest absolute Gasteiger partial charge is 0.255 e. The highest BCUT2D eigenvalue weighted by Gasteiger charge is 2.28. The largest absolute Gasteiger partial charge is 0.342 e. The summed E-state index contributed by atoms with van der Waals surface area (Å²) in [5.41, 5.74) is 2.45. The highest BCUT2D eigenvalue weighted by atomic mass is 79.9. The summed E-state index contributed by atoms with van der Waals surface area (Å²) in [5.74, 6) is 0.677. The minimum absolute atomic E-state index is 0.0762. The molecule has 4 nitrogen and oxygen atoms in total. The van der Waals surface area contributed by atoms with Gasteiger partial charge in [-0.1, -0.05) is 12.1 Å². The number of imidazole rings is 1. The van der Waals surface area contributed by atoms with Gasteiger partial charge in [0.2, 0.25) is 0 Å². The molecule has 0 saturated carbocycles. The average molecular weight is 402 g/mol. The summed E-state index contributed by atoms with van der Waals surface area (Å²) in [7, 11) is 0. The normalized spacial score (nSPS) is 17.8. The van der Waals surface area contributed by atoms with Crippen LogP contribution in [0.3, 0.4) is 0 Å². The number of benzene rings is 2. The van der Waals surface area contributed by atoms with Gasteiger partial charge in [-0.25, -0.2) is 9.37 Å². The van der Waals surface area contributed by atoms with Crippen LogP contribution >= 0.6 is 15.9 Å². The zero-order chi connectivity index (χ0) is 17.4. The SMILES string of the molecule is O=C(c1ccc(F)cc1Br)N1CCC[C@@H](c2nc3ccccc3[nH]2)C1. The Morgan fingerprint density at radius 3 is 2.92 bits per heavy atom. The van der Waals surface area contributed by atoms with Crippen molar-refractivity contribution in [2.75, 3.05) is 13.1 Å². The molecule has 1 atom stereocenters. The topological polar surface area (TPSA) is 49.0 Å². The molecule has 0 aliphatic carbocycles. The first-order valence-corrected chi connectivity index (χ1v) is 9.10. The fourth-order valence-electron chi connectivity index (χ4n) is 3.38. The number of halogens is 2. The van der Waals surface area contributed by atoms with Crippen LogP contribution in [0.4, 0.5) is 4.39 Å². The number of nitrogens with one attached hydrogen (secondary N) is 1. The molecule has 0 unspecified atom stereocenters. The minimum Gasteiger partial charge on any atom is -0.342 e. The predicted octanol–water partition coefficient (Wildman–Crippen LogP) is 4.48. The van der Waals surface area contributed by atoms with Crippen LogP contribution in [0.5, 0.6) is 0 Å². The molecule has 0 radical (unpaired) electrons. The molecule has 0 bridgehead atoms. The molecule has 1 fully saturated rings. The molecule has 25 heavy (non-hydrogen) atoms. The van der Waals surface area contributed by atoms with E-state index in [2.05, 4.69) is 25.9 Å². The Morgan fingerprint density at radius 1 is 1.28 bits per heavy atom. The van der Waals surface area contributed by atoms with Gasteiger partial charge in [-0.05, 0) is 59.1 Å². The number of aromatic nitrogens is 2. The van der Waals surface area contributed by atoms with Gasteiger partial charge in [0.1, 0.15) is 11.6 Å². The van der Waals surface area contributed by atoms with Gasteiger partial charge in [0.05, 0.1) is 16.6 Å². The van der Waals surface area contributed by atoms with Crippen LogP contribution < -0.4 is 0 Å². The number of nitrogens with zero attached hydrogens (tertiary/aromatic N) is 2. The van der Waals surface area contributed by atoms with E-state index in [1.165, 1.54) is 18.2 Å². The summed E-state index contributed by atoms with van der Waals surface area (Å²) >= 11 is 3.29. The van der Waals surface area contributed by atoms with E-state index in [1.807, 2.05) is 29.2 Å². The lowest BCUT2D eigenvalue weighted by atomic mass is 9.96. The van der Waals surface area contributed by atoms with Gasteiger partial charge in [0.15, 0.2) is 0 Å². The van der Waals surface area contributed by atoms with E-state index in [9.17, 15) is 9.18 Å². The van der Waals surface area contributed by atoms with Crippen molar-refractivity contribution in [2.45, 2.75) is 18.8 Å². The fourth-order valence-corrected chi connectivity index (χ4v) is 3.90. The number of carbonyl (C=O) groups excluding carboxylic acids is 1. The molecule has 128 valence electrons. The van der Waals surface area contributed by atoms with Crippen LogP contribution in [-0.2, 0) is 0 Å². The Kier molecular flexibility index (Phi) is 4.29. The number of piperidine rings is 1. The Balaban J connectivity index is 1.57. The van der Waals surface area contributed by atoms with Gasteiger partial charge < -0.3 is 9.88 Å². The van der Waals surface area contributed by atoms with Crippen molar-refractivity contribution in [1.82, 2.24) is 14.9 Å². The highest BCUT2D eigenvalue weighted by molar-refractivity contribution is 9.10. The number of hydrogen-bond donors (Lipinski definition) is 1. The Labute approximate surface area is 153 Å². The Morgan fingerprint density at radius 2 is 2.12 bits per heavy atom. The lowest BCUT2D eigenvalue weighted by molar-refractivity contribution is 0.0704. The van der Waals surface area contributed by atoms with Crippen molar-refractivity contribution in [2.24, 2.45) is 0 Å². The van der Waals surface area contributed by atoms with Gasteiger partial charge in [-0.3, -0.25) is 4.79 Å². The van der Waals surface area contributed by atoms with Crippen LogP contribution in [0.1, 0.15) is 34.9 Å². The number of fused-ring (bicyclic) bond motifs is 1. The summed E-state index contributed by atoms with van der Waals surface area (Å²) in [4.78, 5) is 22.7. The Bertz CT molecular complexity index is 906. The average Bonchev–Trinajstić information content (AvgIpc) is 3.05. The lowest BCUT2D eigenvalue weighted by Gasteiger charge is -2.32. The molecule has 1 aliphatic heterocycles. The van der Waals surface area contributed by atoms with Crippen molar-refractivity contribution in [3.05, 3.63) is 64.1 Å². The fraction of sp³-hybridized carbons (Fsp3) is 0.263.